The predicted molar refractivity (Wildman–Crippen MR) is 71.7 cm³/mol. The summed E-state index contributed by atoms with van der Waals surface area (Å²) in [7, 11) is 0. The highest BCUT2D eigenvalue weighted by molar-refractivity contribution is 5.61. The van der Waals surface area contributed by atoms with Crippen LogP contribution >= 0.6 is 0 Å². The Hall–Kier alpha value is -2.34. The lowest BCUT2D eigenvalue weighted by Crippen LogP contribution is -2.31. The van der Waals surface area contributed by atoms with Gasteiger partial charge in [0.1, 0.15) is 5.75 Å². The van der Waals surface area contributed by atoms with Crippen LogP contribution in [0.1, 0.15) is 11.3 Å². The summed E-state index contributed by atoms with van der Waals surface area (Å²) >= 11 is 0. The average Bonchev–Trinajstić information content (AvgIpc) is 2.42. The Morgan fingerprint density at radius 3 is 3.00 bits per heavy atom. The van der Waals surface area contributed by atoms with Gasteiger partial charge in [0, 0.05) is 19.5 Å². The van der Waals surface area contributed by atoms with E-state index in [1.807, 2.05) is 0 Å². The molecule has 0 bridgehead atoms. The number of anilines is 2. The van der Waals surface area contributed by atoms with Crippen molar-refractivity contribution in [1.29, 1.82) is 0 Å². The number of aromatic amines is 1. The Balaban J connectivity index is 1.96. The Labute approximate surface area is 109 Å². The van der Waals surface area contributed by atoms with E-state index < -0.39 is 0 Å². The Morgan fingerprint density at radius 2 is 2.16 bits per heavy atom. The molecule has 0 radical (unpaired) electrons. The smallest absolute Gasteiger partial charge is 0.257 e. The molecule has 4 N–H and O–H groups in total. The summed E-state index contributed by atoms with van der Waals surface area (Å²) in [6, 6.07) is 6.82. The van der Waals surface area contributed by atoms with Gasteiger partial charge in [-0.2, -0.15) is 0 Å². The van der Waals surface area contributed by atoms with Gasteiger partial charge in [-0.25, -0.2) is 4.98 Å². The van der Waals surface area contributed by atoms with E-state index in [1.165, 1.54) is 0 Å². The van der Waals surface area contributed by atoms with E-state index in [0.717, 1.165) is 18.7 Å². The molecule has 1 aliphatic rings. The quantitative estimate of drug-likeness (QED) is 0.600. The number of phenols is 1. The van der Waals surface area contributed by atoms with Crippen molar-refractivity contribution in [3.63, 3.8) is 0 Å². The molecule has 98 valence electrons. The van der Waals surface area contributed by atoms with Gasteiger partial charge >= 0.3 is 0 Å². The number of nitrogens with zero attached hydrogens (tertiary/aromatic N) is 1. The number of hydrogen-bond donors (Lipinski definition) is 4. The molecule has 0 atom stereocenters. The predicted octanol–water partition coefficient (Wildman–Crippen LogP) is 0.865. The fourth-order valence-electron chi connectivity index (χ4n) is 2.12. The van der Waals surface area contributed by atoms with Crippen molar-refractivity contribution in [2.24, 2.45) is 0 Å². The van der Waals surface area contributed by atoms with Gasteiger partial charge in [-0.15, -0.1) is 0 Å². The summed E-state index contributed by atoms with van der Waals surface area (Å²) in [4.78, 5) is 19.0. The average molecular weight is 258 g/mol. The molecule has 2 aromatic rings. The number of aromatic nitrogens is 2. The van der Waals surface area contributed by atoms with Crippen LogP contribution in [0.4, 0.5) is 11.6 Å². The number of phenolic OH excluding ortho intramolecular Hbond substituents is 1. The molecule has 3 rings (SSSR count). The normalized spacial score (nSPS) is 13.9. The first-order chi connectivity index (χ1) is 9.24. The zero-order chi connectivity index (χ0) is 13.2. The molecule has 19 heavy (non-hydrogen) atoms. The molecule has 0 saturated carbocycles. The summed E-state index contributed by atoms with van der Waals surface area (Å²) < 4.78 is 0. The second kappa shape index (κ2) is 4.74. The number of aromatic hydroxyl groups is 1. The van der Waals surface area contributed by atoms with E-state index in [9.17, 15) is 9.90 Å². The van der Waals surface area contributed by atoms with Crippen molar-refractivity contribution >= 4 is 11.6 Å². The molecule has 6 heteroatoms. The molecule has 0 unspecified atom stereocenters. The first kappa shape index (κ1) is 11.7. The van der Waals surface area contributed by atoms with Gasteiger partial charge in [0.25, 0.3) is 5.56 Å². The number of H-pyrrole nitrogens is 1. The van der Waals surface area contributed by atoms with Crippen LogP contribution in [0, 0.1) is 0 Å². The fourth-order valence-corrected chi connectivity index (χ4v) is 2.12. The summed E-state index contributed by atoms with van der Waals surface area (Å²) in [6.45, 7) is 1.37. The molecule has 0 spiro atoms. The van der Waals surface area contributed by atoms with E-state index in [1.54, 1.807) is 24.3 Å². The standard InChI is InChI=1S/C13H14N4O2/c18-11-4-2-1-3-10(11)16-13-15-9-5-6-14-7-8(9)12(19)17-13/h1-4,14,18H,5-7H2,(H2,15,16,17,19). The van der Waals surface area contributed by atoms with E-state index in [2.05, 4.69) is 20.6 Å². The number of benzene rings is 1. The first-order valence-electron chi connectivity index (χ1n) is 6.12. The SMILES string of the molecule is O=c1[nH]c(Nc2ccccc2O)nc2c1CNCC2. The highest BCUT2D eigenvalue weighted by atomic mass is 16.3. The van der Waals surface area contributed by atoms with Crippen molar-refractivity contribution in [1.82, 2.24) is 15.3 Å². The Bertz CT molecular complexity index is 666. The maximum atomic E-state index is 11.9. The number of rotatable bonds is 2. The number of fused-ring (bicyclic) bond motifs is 1. The van der Waals surface area contributed by atoms with Crippen LogP contribution in [0.25, 0.3) is 0 Å². The second-order valence-corrected chi connectivity index (χ2v) is 4.41. The largest absolute Gasteiger partial charge is 0.506 e. The van der Waals surface area contributed by atoms with Gasteiger partial charge in [0.15, 0.2) is 0 Å². The van der Waals surface area contributed by atoms with Gasteiger partial charge in [0.2, 0.25) is 5.95 Å². The highest BCUT2D eigenvalue weighted by Crippen LogP contribution is 2.24. The Kier molecular flexibility index (Phi) is 2.92. The zero-order valence-corrected chi connectivity index (χ0v) is 10.2. The highest BCUT2D eigenvalue weighted by Gasteiger charge is 2.15. The van der Waals surface area contributed by atoms with E-state index in [4.69, 9.17) is 0 Å². The molecular formula is C13H14N4O2. The molecule has 0 fully saturated rings. The van der Waals surface area contributed by atoms with Gasteiger partial charge in [-0.05, 0) is 12.1 Å². The van der Waals surface area contributed by atoms with Crippen molar-refractivity contribution < 1.29 is 5.11 Å². The minimum absolute atomic E-state index is 0.115. The summed E-state index contributed by atoms with van der Waals surface area (Å²) in [5, 5.41) is 15.8. The van der Waals surface area contributed by atoms with Gasteiger partial charge in [-0.1, -0.05) is 12.1 Å². The Morgan fingerprint density at radius 1 is 1.32 bits per heavy atom. The van der Waals surface area contributed by atoms with Crippen molar-refractivity contribution in [2.75, 3.05) is 11.9 Å². The fraction of sp³-hybridized carbons (Fsp3) is 0.231. The van der Waals surface area contributed by atoms with Crippen LogP contribution in [0.5, 0.6) is 5.75 Å². The van der Waals surface area contributed by atoms with Crippen molar-refractivity contribution in [2.45, 2.75) is 13.0 Å². The number of para-hydroxylation sites is 2. The maximum absolute atomic E-state index is 11.9. The van der Waals surface area contributed by atoms with E-state index >= 15 is 0 Å². The molecule has 1 aromatic carbocycles. The van der Waals surface area contributed by atoms with Crippen LogP contribution in [-0.2, 0) is 13.0 Å². The van der Waals surface area contributed by atoms with Crippen molar-refractivity contribution in [3.05, 3.63) is 45.9 Å². The van der Waals surface area contributed by atoms with Crippen LogP contribution in [0.15, 0.2) is 29.1 Å². The number of hydrogen-bond acceptors (Lipinski definition) is 5. The van der Waals surface area contributed by atoms with Crippen LogP contribution in [-0.4, -0.2) is 21.6 Å². The lowest BCUT2D eigenvalue weighted by molar-refractivity contribution is 0.477. The van der Waals surface area contributed by atoms with Crippen LogP contribution in [0.3, 0.4) is 0 Å². The lowest BCUT2D eigenvalue weighted by atomic mass is 10.1. The zero-order valence-electron chi connectivity index (χ0n) is 10.2. The summed E-state index contributed by atoms with van der Waals surface area (Å²) in [5.74, 6) is 0.469. The monoisotopic (exact) mass is 258 g/mol. The van der Waals surface area contributed by atoms with Gasteiger partial charge in [0.05, 0.1) is 16.9 Å². The molecule has 6 nitrogen and oxygen atoms in total. The summed E-state index contributed by atoms with van der Waals surface area (Å²) in [6.07, 6.45) is 0.731. The first-order valence-corrected chi connectivity index (χ1v) is 6.12. The third-order valence-corrected chi connectivity index (χ3v) is 3.10. The van der Waals surface area contributed by atoms with Crippen LogP contribution in [0.2, 0.25) is 0 Å². The molecule has 0 saturated heterocycles. The van der Waals surface area contributed by atoms with E-state index in [-0.39, 0.29) is 11.3 Å². The second-order valence-electron chi connectivity index (χ2n) is 4.41. The molecule has 2 heterocycles. The van der Waals surface area contributed by atoms with Crippen LogP contribution < -0.4 is 16.2 Å². The third kappa shape index (κ3) is 2.30. The van der Waals surface area contributed by atoms with E-state index in [0.29, 0.717) is 23.7 Å². The minimum Gasteiger partial charge on any atom is -0.506 e. The topological polar surface area (TPSA) is 90.0 Å². The van der Waals surface area contributed by atoms with Gasteiger partial charge in [-0.3, -0.25) is 9.78 Å². The molecular weight excluding hydrogens is 244 g/mol. The molecule has 0 amide bonds. The number of nitrogens with one attached hydrogen (secondary N) is 3. The molecule has 1 aromatic heterocycles. The lowest BCUT2D eigenvalue weighted by Gasteiger charge is -2.16. The summed E-state index contributed by atoms with van der Waals surface area (Å²) in [5.41, 5.74) is 1.86. The molecule has 1 aliphatic heterocycles. The van der Waals surface area contributed by atoms with Gasteiger partial charge < -0.3 is 15.7 Å². The third-order valence-electron chi connectivity index (χ3n) is 3.10. The van der Waals surface area contributed by atoms with Crippen molar-refractivity contribution in [3.8, 4) is 5.75 Å². The molecule has 0 aliphatic carbocycles. The minimum atomic E-state index is -0.143. The maximum Gasteiger partial charge on any atom is 0.257 e.